The fourth-order valence-electron chi connectivity index (χ4n) is 7.30. The molecule has 1 N–H and O–H groups in total. The van der Waals surface area contributed by atoms with E-state index in [2.05, 4.69) is 66.7 Å². The molecule has 0 aliphatic carbocycles. The Morgan fingerprint density at radius 2 is 0.962 bits per heavy atom. The van der Waals surface area contributed by atoms with E-state index in [-0.39, 0.29) is 5.75 Å². The zero-order valence-corrected chi connectivity index (χ0v) is 27.9. The molecular weight excluding hydrogens is 639 g/mol. The van der Waals surface area contributed by atoms with Crippen molar-refractivity contribution >= 4 is 43.5 Å². The first-order valence-electron chi connectivity index (χ1n) is 17.2. The predicted octanol–water partition coefficient (Wildman–Crippen LogP) is 12.1. The van der Waals surface area contributed by atoms with Crippen LogP contribution in [-0.4, -0.2) is 20.1 Å². The van der Waals surface area contributed by atoms with Crippen LogP contribution in [-0.2, 0) is 0 Å². The number of hydrogen-bond donors (Lipinski definition) is 1. The Morgan fingerprint density at radius 3 is 1.79 bits per heavy atom. The van der Waals surface area contributed by atoms with Crippen LogP contribution in [0.2, 0.25) is 0 Å². The number of furan rings is 1. The van der Waals surface area contributed by atoms with Crippen LogP contribution in [0.15, 0.2) is 174 Å². The fraction of sp³-hybridized carbons (Fsp3) is 0. The maximum absolute atomic E-state index is 12.3. The Morgan fingerprint density at radius 1 is 0.365 bits per heavy atom. The predicted molar refractivity (Wildman–Crippen MR) is 211 cm³/mol. The summed E-state index contributed by atoms with van der Waals surface area (Å²) in [5.41, 5.74) is 7.18. The van der Waals surface area contributed by atoms with E-state index in [0.29, 0.717) is 34.2 Å². The molecule has 52 heavy (non-hydrogen) atoms. The third-order valence-corrected chi connectivity index (χ3v) is 9.84. The zero-order valence-electron chi connectivity index (χ0n) is 27.9. The fourth-order valence-corrected chi connectivity index (χ4v) is 7.30. The highest BCUT2D eigenvalue weighted by molar-refractivity contribution is 6.09. The van der Waals surface area contributed by atoms with Crippen molar-refractivity contribution in [2.24, 2.45) is 0 Å². The average Bonchev–Trinajstić information content (AvgIpc) is 3.59. The van der Waals surface area contributed by atoms with E-state index in [1.54, 1.807) is 0 Å². The van der Waals surface area contributed by atoms with Gasteiger partial charge < -0.3 is 9.52 Å². The van der Waals surface area contributed by atoms with Gasteiger partial charge in [-0.2, -0.15) is 0 Å². The summed E-state index contributed by atoms with van der Waals surface area (Å²) in [6.45, 7) is 0. The third-order valence-electron chi connectivity index (χ3n) is 9.84. The first-order valence-corrected chi connectivity index (χ1v) is 17.2. The molecule has 0 radical (unpaired) electrons. The molecule has 244 valence electrons. The van der Waals surface area contributed by atoms with Gasteiger partial charge in [-0.1, -0.05) is 133 Å². The molecule has 0 aliphatic rings. The lowest BCUT2D eigenvalue weighted by Gasteiger charge is -2.16. The summed E-state index contributed by atoms with van der Waals surface area (Å²) in [5.74, 6) is 1.73. The lowest BCUT2D eigenvalue weighted by atomic mass is 9.92. The lowest BCUT2D eigenvalue weighted by Crippen LogP contribution is -2.01. The molecule has 0 atom stereocenters. The van der Waals surface area contributed by atoms with Crippen LogP contribution in [0.4, 0.5) is 0 Å². The van der Waals surface area contributed by atoms with E-state index >= 15 is 0 Å². The summed E-state index contributed by atoms with van der Waals surface area (Å²) >= 11 is 0. The number of aromatic nitrogens is 3. The normalized spacial score (nSPS) is 11.5. The number of benzene rings is 8. The summed E-state index contributed by atoms with van der Waals surface area (Å²) in [7, 11) is 0. The first-order chi connectivity index (χ1) is 25.7. The van der Waals surface area contributed by atoms with Gasteiger partial charge >= 0.3 is 0 Å². The van der Waals surface area contributed by atoms with Gasteiger partial charge in [0.05, 0.1) is 0 Å². The van der Waals surface area contributed by atoms with Gasteiger partial charge in [0.2, 0.25) is 0 Å². The number of rotatable bonds is 5. The molecule has 0 amide bonds. The SMILES string of the molecule is Oc1c(-c2ccc3oc4ccccc4c3c2)ccc(-c2nc(-c3ccccc3)nc(-c3ccc4c(ccc5ccccc54)c3)n2)c1-c1ccccc1. The molecule has 0 saturated heterocycles. The molecule has 0 unspecified atom stereocenters. The topological polar surface area (TPSA) is 72.0 Å². The van der Waals surface area contributed by atoms with Crippen LogP contribution in [0.5, 0.6) is 5.75 Å². The average molecular weight is 668 g/mol. The van der Waals surface area contributed by atoms with E-state index in [9.17, 15) is 5.11 Å². The lowest BCUT2D eigenvalue weighted by molar-refractivity contribution is 0.479. The second-order valence-electron chi connectivity index (χ2n) is 13.0. The maximum atomic E-state index is 12.3. The number of phenolic OH excluding ortho intramolecular Hbond substituents is 1. The number of hydrogen-bond acceptors (Lipinski definition) is 5. The second kappa shape index (κ2) is 12.0. The monoisotopic (exact) mass is 667 g/mol. The molecule has 0 aliphatic heterocycles. The molecule has 5 heteroatoms. The summed E-state index contributed by atoms with van der Waals surface area (Å²) in [5, 5.41) is 19.0. The highest BCUT2D eigenvalue weighted by Gasteiger charge is 2.22. The van der Waals surface area contributed by atoms with Gasteiger partial charge in [0.1, 0.15) is 16.9 Å². The van der Waals surface area contributed by atoms with Crippen LogP contribution in [0.1, 0.15) is 0 Å². The van der Waals surface area contributed by atoms with Crippen molar-refractivity contribution in [3.8, 4) is 62.2 Å². The first kappa shape index (κ1) is 29.8. The number of nitrogens with zero attached hydrogens (tertiary/aromatic N) is 3. The number of fused-ring (bicyclic) bond motifs is 6. The molecule has 0 fully saturated rings. The molecule has 10 rings (SSSR count). The number of para-hydroxylation sites is 1. The van der Waals surface area contributed by atoms with Gasteiger partial charge in [-0.05, 0) is 69.1 Å². The molecule has 10 aromatic rings. The Balaban J connectivity index is 1.18. The number of phenols is 1. The number of aromatic hydroxyl groups is 1. The molecule has 0 saturated carbocycles. The van der Waals surface area contributed by atoms with Crippen molar-refractivity contribution in [1.82, 2.24) is 15.0 Å². The minimum absolute atomic E-state index is 0.150. The summed E-state index contributed by atoms with van der Waals surface area (Å²) in [4.78, 5) is 15.2. The van der Waals surface area contributed by atoms with Gasteiger partial charge in [-0.25, -0.2) is 15.0 Å². The van der Waals surface area contributed by atoms with Crippen LogP contribution in [0.25, 0.3) is 99.9 Å². The molecule has 2 aromatic heterocycles. The van der Waals surface area contributed by atoms with E-state index in [1.165, 1.54) is 16.2 Å². The second-order valence-corrected chi connectivity index (χ2v) is 13.0. The largest absolute Gasteiger partial charge is 0.507 e. The molecule has 5 nitrogen and oxygen atoms in total. The van der Waals surface area contributed by atoms with Crippen LogP contribution in [0.3, 0.4) is 0 Å². The van der Waals surface area contributed by atoms with Crippen molar-refractivity contribution in [3.05, 3.63) is 170 Å². The van der Waals surface area contributed by atoms with Gasteiger partial charge in [0.15, 0.2) is 17.5 Å². The Hall–Kier alpha value is -7.11. The Bertz CT molecular complexity index is 2970. The highest BCUT2D eigenvalue weighted by atomic mass is 16.3. The van der Waals surface area contributed by atoms with E-state index in [1.807, 2.05) is 103 Å². The van der Waals surface area contributed by atoms with Gasteiger partial charge in [-0.15, -0.1) is 0 Å². The van der Waals surface area contributed by atoms with Crippen LogP contribution in [0, 0.1) is 0 Å². The summed E-state index contributed by atoms with van der Waals surface area (Å²) in [6, 6.07) is 57.0. The van der Waals surface area contributed by atoms with E-state index in [0.717, 1.165) is 49.6 Å². The standard InChI is InChI=1S/C47H29N3O2/c51-44-37(33-22-26-42-40(28-33)38-17-9-10-18-41(38)52-42)24-25-39(43(44)30-12-3-1-4-13-30)47-49-45(31-14-5-2-6-15-31)48-46(50-47)34-21-23-36-32(27-34)20-19-29-11-7-8-16-35(29)36/h1-28,51H. The molecule has 8 aromatic carbocycles. The molecule has 0 bridgehead atoms. The Labute approximate surface area is 299 Å². The van der Waals surface area contributed by atoms with E-state index in [4.69, 9.17) is 19.4 Å². The summed E-state index contributed by atoms with van der Waals surface area (Å²) < 4.78 is 6.10. The molecule has 2 heterocycles. The van der Waals surface area contributed by atoms with Crippen molar-refractivity contribution in [2.45, 2.75) is 0 Å². The van der Waals surface area contributed by atoms with Crippen LogP contribution < -0.4 is 0 Å². The van der Waals surface area contributed by atoms with Crippen molar-refractivity contribution in [2.75, 3.05) is 0 Å². The Kier molecular flexibility index (Phi) is 6.89. The van der Waals surface area contributed by atoms with Crippen LogP contribution >= 0.6 is 0 Å². The minimum Gasteiger partial charge on any atom is -0.507 e. The van der Waals surface area contributed by atoms with Gasteiger partial charge in [0.25, 0.3) is 0 Å². The van der Waals surface area contributed by atoms with Crippen molar-refractivity contribution < 1.29 is 9.52 Å². The third kappa shape index (κ3) is 4.98. The van der Waals surface area contributed by atoms with Crippen molar-refractivity contribution in [3.63, 3.8) is 0 Å². The molecular formula is C47H29N3O2. The van der Waals surface area contributed by atoms with Gasteiger partial charge in [0, 0.05) is 38.6 Å². The minimum atomic E-state index is 0.150. The zero-order chi connectivity index (χ0) is 34.6. The smallest absolute Gasteiger partial charge is 0.164 e. The summed E-state index contributed by atoms with van der Waals surface area (Å²) in [6.07, 6.45) is 0. The maximum Gasteiger partial charge on any atom is 0.164 e. The van der Waals surface area contributed by atoms with Crippen molar-refractivity contribution in [1.29, 1.82) is 0 Å². The quantitative estimate of drug-likeness (QED) is 0.185. The highest BCUT2D eigenvalue weighted by Crippen LogP contribution is 2.45. The van der Waals surface area contributed by atoms with Gasteiger partial charge in [-0.3, -0.25) is 0 Å². The molecule has 0 spiro atoms. The van der Waals surface area contributed by atoms with E-state index < -0.39 is 0 Å².